The van der Waals surface area contributed by atoms with E-state index in [-0.39, 0.29) is 11.4 Å². The minimum absolute atomic E-state index is 0.0102. The van der Waals surface area contributed by atoms with Gasteiger partial charge in [0, 0.05) is 0 Å². The predicted molar refractivity (Wildman–Crippen MR) is 97.5 cm³/mol. The molecule has 0 amide bonds. The van der Waals surface area contributed by atoms with Crippen molar-refractivity contribution in [2.24, 2.45) is 5.41 Å². The Bertz CT molecular complexity index is 427. The molecule has 0 radical (unpaired) electrons. The maximum absolute atomic E-state index is 12.8. The summed E-state index contributed by atoms with van der Waals surface area (Å²) in [5, 5.41) is 0. The number of ether oxygens (including phenoxy) is 1. The number of hydrogen-bond donors (Lipinski definition) is 0. The van der Waals surface area contributed by atoms with Gasteiger partial charge >= 0.3 is 5.97 Å². The van der Waals surface area contributed by atoms with Crippen LogP contribution in [0.4, 0.5) is 0 Å². The Morgan fingerprint density at radius 3 is 2.22 bits per heavy atom. The van der Waals surface area contributed by atoms with Crippen molar-refractivity contribution in [2.75, 3.05) is 6.61 Å². The second kappa shape index (κ2) is 11.3. The predicted octanol–water partition coefficient (Wildman–Crippen LogP) is 5.94. The number of esters is 1. The van der Waals surface area contributed by atoms with Crippen molar-refractivity contribution >= 4 is 5.97 Å². The van der Waals surface area contributed by atoms with Crippen molar-refractivity contribution in [3.05, 3.63) is 35.9 Å². The van der Waals surface area contributed by atoms with Crippen LogP contribution in [0.25, 0.3) is 0 Å². The number of hydrogen-bond acceptors (Lipinski definition) is 2. The zero-order valence-electron chi connectivity index (χ0n) is 15.3. The summed E-state index contributed by atoms with van der Waals surface area (Å²) in [6, 6.07) is 10.4. The zero-order valence-corrected chi connectivity index (χ0v) is 15.3. The van der Waals surface area contributed by atoms with Crippen molar-refractivity contribution in [2.45, 2.75) is 78.6 Å². The summed E-state index contributed by atoms with van der Waals surface area (Å²) in [4.78, 5) is 12.8. The highest BCUT2D eigenvalue weighted by Gasteiger charge is 2.37. The Kier molecular flexibility index (Phi) is 9.66. The number of carbonyl (C=O) groups excluding carboxylic acids is 1. The number of rotatable bonds is 12. The van der Waals surface area contributed by atoms with E-state index in [4.69, 9.17) is 4.74 Å². The zero-order chi connectivity index (χ0) is 17.0. The molecular weight excluding hydrogens is 284 g/mol. The molecule has 0 spiro atoms. The third-order valence-corrected chi connectivity index (χ3v) is 4.74. The third kappa shape index (κ3) is 6.76. The van der Waals surface area contributed by atoms with Crippen LogP contribution in [0.2, 0.25) is 0 Å². The molecule has 1 rings (SSSR count). The molecule has 0 aliphatic rings. The van der Waals surface area contributed by atoms with Gasteiger partial charge in [0.15, 0.2) is 0 Å². The van der Waals surface area contributed by atoms with E-state index in [0.717, 1.165) is 44.9 Å². The summed E-state index contributed by atoms with van der Waals surface area (Å²) < 4.78 is 5.66. The molecule has 0 fully saturated rings. The summed E-state index contributed by atoms with van der Waals surface area (Å²) in [6.45, 7) is 7.06. The molecule has 2 nitrogen and oxygen atoms in total. The van der Waals surface area contributed by atoms with E-state index >= 15 is 0 Å². The lowest BCUT2D eigenvalue weighted by Gasteiger charge is -2.31. The minimum atomic E-state index is -0.358. The smallest absolute Gasteiger partial charge is 0.312 e. The molecule has 0 aliphatic carbocycles. The fourth-order valence-corrected chi connectivity index (χ4v) is 3.08. The van der Waals surface area contributed by atoms with Gasteiger partial charge in [-0.2, -0.15) is 0 Å². The van der Waals surface area contributed by atoms with E-state index in [1.165, 1.54) is 18.4 Å². The largest absolute Gasteiger partial charge is 0.465 e. The highest BCUT2D eigenvalue weighted by atomic mass is 16.5. The quantitative estimate of drug-likeness (QED) is 0.352. The second-order valence-electron chi connectivity index (χ2n) is 6.60. The minimum Gasteiger partial charge on any atom is -0.465 e. The molecule has 0 aliphatic heterocycles. The first-order valence-corrected chi connectivity index (χ1v) is 9.39. The normalized spacial score (nSPS) is 13.5. The molecule has 0 saturated carbocycles. The van der Waals surface area contributed by atoms with Crippen LogP contribution in [0.3, 0.4) is 0 Å². The van der Waals surface area contributed by atoms with Crippen LogP contribution in [0.1, 0.15) is 77.7 Å². The van der Waals surface area contributed by atoms with Gasteiger partial charge in [-0.15, -0.1) is 0 Å². The van der Waals surface area contributed by atoms with Crippen LogP contribution in [0.15, 0.2) is 30.3 Å². The fraction of sp³-hybridized carbons (Fsp3) is 0.667. The van der Waals surface area contributed by atoms with Crippen LogP contribution < -0.4 is 0 Å². The van der Waals surface area contributed by atoms with Crippen LogP contribution in [0, 0.1) is 5.41 Å². The van der Waals surface area contributed by atoms with Crippen molar-refractivity contribution in [1.29, 1.82) is 0 Å². The molecule has 1 aromatic carbocycles. The topological polar surface area (TPSA) is 26.3 Å². The Hall–Kier alpha value is -1.31. The van der Waals surface area contributed by atoms with E-state index < -0.39 is 0 Å². The summed E-state index contributed by atoms with van der Waals surface area (Å²) in [5.74, 6) is 0.0102. The maximum Gasteiger partial charge on any atom is 0.312 e. The summed E-state index contributed by atoms with van der Waals surface area (Å²) in [6.07, 6.45) is 9.27. The molecule has 1 atom stereocenters. The number of carbonyl (C=O) groups is 1. The molecule has 0 saturated heterocycles. The molecule has 0 N–H and O–H groups in total. The average molecular weight is 319 g/mol. The van der Waals surface area contributed by atoms with Crippen molar-refractivity contribution in [3.8, 4) is 0 Å². The Morgan fingerprint density at radius 1 is 0.957 bits per heavy atom. The van der Waals surface area contributed by atoms with Crippen LogP contribution in [-0.2, 0) is 16.0 Å². The standard InChI is InChI=1S/C21H34O2/c1-4-7-12-16-21(6-3,18-19-14-10-9-11-15-19)20(22)23-17-13-8-5-2/h9-11,14-15H,4-8,12-13,16-18H2,1-3H3. The van der Waals surface area contributed by atoms with Crippen molar-refractivity contribution in [3.63, 3.8) is 0 Å². The molecule has 0 aromatic heterocycles. The SMILES string of the molecule is CCCCCOC(=O)C(CC)(CCCCC)Cc1ccccc1. The van der Waals surface area contributed by atoms with Gasteiger partial charge < -0.3 is 4.74 Å². The van der Waals surface area contributed by atoms with Gasteiger partial charge in [-0.1, -0.05) is 83.2 Å². The first-order chi connectivity index (χ1) is 11.2. The molecule has 0 bridgehead atoms. The highest BCUT2D eigenvalue weighted by molar-refractivity contribution is 5.77. The Labute approximate surface area is 142 Å². The van der Waals surface area contributed by atoms with Gasteiger partial charge in [0.05, 0.1) is 12.0 Å². The molecule has 1 unspecified atom stereocenters. The lowest BCUT2D eigenvalue weighted by molar-refractivity contribution is -0.157. The van der Waals surface area contributed by atoms with Gasteiger partial charge in [0.25, 0.3) is 0 Å². The summed E-state index contributed by atoms with van der Waals surface area (Å²) >= 11 is 0. The van der Waals surface area contributed by atoms with Crippen molar-refractivity contribution < 1.29 is 9.53 Å². The Balaban J connectivity index is 2.77. The first kappa shape index (κ1) is 19.7. The van der Waals surface area contributed by atoms with E-state index in [0.29, 0.717) is 6.61 Å². The molecule has 0 heterocycles. The molecule has 130 valence electrons. The molecular formula is C21H34O2. The van der Waals surface area contributed by atoms with Gasteiger partial charge in [0.2, 0.25) is 0 Å². The summed E-state index contributed by atoms with van der Waals surface area (Å²) in [7, 11) is 0. The molecule has 2 heteroatoms. The van der Waals surface area contributed by atoms with Crippen molar-refractivity contribution in [1.82, 2.24) is 0 Å². The van der Waals surface area contributed by atoms with E-state index in [2.05, 4.69) is 32.9 Å². The van der Waals surface area contributed by atoms with E-state index in [1.54, 1.807) is 0 Å². The lowest BCUT2D eigenvalue weighted by atomic mass is 9.75. The number of benzene rings is 1. The summed E-state index contributed by atoms with van der Waals surface area (Å²) in [5.41, 5.74) is 0.874. The van der Waals surface area contributed by atoms with Gasteiger partial charge in [-0.3, -0.25) is 4.79 Å². The second-order valence-corrected chi connectivity index (χ2v) is 6.60. The fourth-order valence-electron chi connectivity index (χ4n) is 3.08. The average Bonchev–Trinajstić information content (AvgIpc) is 2.58. The third-order valence-electron chi connectivity index (χ3n) is 4.74. The first-order valence-electron chi connectivity index (χ1n) is 9.39. The Morgan fingerprint density at radius 2 is 1.61 bits per heavy atom. The van der Waals surface area contributed by atoms with Crippen LogP contribution in [-0.4, -0.2) is 12.6 Å². The van der Waals surface area contributed by atoms with E-state index in [9.17, 15) is 4.79 Å². The van der Waals surface area contributed by atoms with Crippen LogP contribution >= 0.6 is 0 Å². The lowest BCUT2D eigenvalue weighted by Crippen LogP contribution is -2.35. The van der Waals surface area contributed by atoms with Gasteiger partial charge in [-0.05, 0) is 31.2 Å². The molecule has 23 heavy (non-hydrogen) atoms. The monoisotopic (exact) mass is 318 g/mol. The maximum atomic E-state index is 12.8. The van der Waals surface area contributed by atoms with Gasteiger partial charge in [0.1, 0.15) is 0 Å². The van der Waals surface area contributed by atoms with E-state index in [1.807, 2.05) is 18.2 Å². The highest BCUT2D eigenvalue weighted by Crippen LogP contribution is 2.35. The molecule has 1 aromatic rings. The van der Waals surface area contributed by atoms with Gasteiger partial charge in [-0.25, -0.2) is 0 Å². The number of unbranched alkanes of at least 4 members (excludes halogenated alkanes) is 4. The van der Waals surface area contributed by atoms with Crippen LogP contribution in [0.5, 0.6) is 0 Å².